The fraction of sp³-hybridized carbons (Fsp3) is 0.333. The number of aromatic nitrogens is 2. The van der Waals surface area contributed by atoms with Gasteiger partial charge in [-0.2, -0.15) is 4.98 Å². The van der Waals surface area contributed by atoms with Crippen LogP contribution in [0.1, 0.15) is 25.3 Å². The molecular weight excluding hydrogens is 284 g/mol. The molecule has 0 aliphatic heterocycles. The van der Waals surface area contributed by atoms with Gasteiger partial charge >= 0.3 is 0 Å². The Kier molecular flexibility index (Phi) is 4.55. The van der Waals surface area contributed by atoms with E-state index in [9.17, 15) is 0 Å². The molecule has 7 nitrogen and oxygen atoms in total. The highest BCUT2D eigenvalue weighted by molar-refractivity contribution is 5.55. The number of nitrogens with two attached hydrogens (primary N) is 2. The van der Waals surface area contributed by atoms with Crippen molar-refractivity contribution >= 4 is 11.8 Å². The van der Waals surface area contributed by atoms with Crippen LogP contribution in [0.3, 0.4) is 0 Å². The standard InChI is InChI=1S/C15H20N4O3/c1-8(2)9-5-11(20-3)12(21-4)6-10(9)22-13-7-18-15(17)19-14(13)16/h5-8H,1-4H3,(H4,16,17,18,19). The molecule has 1 aromatic heterocycles. The predicted molar refractivity (Wildman–Crippen MR) is 84.6 cm³/mol. The molecule has 0 spiro atoms. The molecule has 118 valence electrons. The third kappa shape index (κ3) is 3.13. The Bertz CT molecular complexity index is 674. The largest absolute Gasteiger partial charge is 0.493 e. The summed E-state index contributed by atoms with van der Waals surface area (Å²) in [5, 5.41) is 0. The van der Waals surface area contributed by atoms with Crippen molar-refractivity contribution in [2.24, 2.45) is 0 Å². The summed E-state index contributed by atoms with van der Waals surface area (Å²) in [5.41, 5.74) is 12.3. The Balaban J connectivity index is 2.48. The van der Waals surface area contributed by atoms with Crippen LogP contribution in [0.2, 0.25) is 0 Å². The van der Waals surface area contributed by atoms with Crippen LogP contribution in [-0.4, -0.2) is 24.2 Å². The van der Waals surface area contributed by atoms with Crippen molar-refractivity contribution in [1.29, 1.82) is 0 Å². The zero-order valence-corrected chi connectivity index (χ0v) is 13.1. The van der Waals surface area contributed by atoms with Gasteiger partial charge in [0.2, 0.25) is 5.95 Å². The molecule has 1 heterocycles. The third-order valence-corrected chi connectivity index (χ3v) is 3.16. The second-order valence-electron chi connectivity index (χ2n) is 4.98. The van der Waals surface area contributed by atoms with Gasteiger partial charge in [0.1, 0.15) is 5.75 Å². The first-order valence-corrected chi connectivity index (χ1v) is 6.78. The summed E-state index contributed by atoms with van der Waals surface area (Å²) in [4.78, 5) is 7.78. The first-order chi connectivity index (χ1) is 10.5. The van der Waals surface area contributed by atoms with Crippen LogP contribution in [0.5, 0.6) is 23.0 Å². The molecule has 0 saturated carbocycles. The molecule has 2 rings (SSSR count). The molecule has 0 aliphatic carbocycles. The predicted octanol–water partition coefficient (Wildman–Crippen LogP) is 2.57. The second-order valence-corrected chi connectivity index (χ2v) is 4.98. The fourth-order valence-electron chi connectivity index (χ4n) is 2.01. The Morgan fingerprint density at radius 2 is 1.59 bits per heavy atom. The van der Waals surface area contributed by atoms with E-state index >= 15 is 0 Å². The minimum absolute atomic E-state index is 0.0984. The highest BCUT2D eigenvalue weighted by Crippen LogP contribution is 2.40. The van der Waals surface area contributed by atoms with Crippen LogP contribution < -0.4 is 25.7 Å². The molecule has 22 heavy (non-hydrogen) atoms. The van der Waals surface area contributed by atoms with Gasteiger partial charge in [-0.1, -0.05) is 13.8 Å². The average molecular weight is 304 g/mol. The topological polar surface area (TPSA) is 106 Å². The lowest BCUT2D eigenvalue weighted by atomic mass is 10.0. The molecule has 0 radical (unpaired) electrons. The van der Waals surface area contributed by atoms with Crippen molar-refractivity contribution in [2.45, 2.75) is 19.8 Å². The number of nitrogen functional groups attached to an aromatic ring is 2. The Morgan fingerprint density at radius 1 is 0.955 bits per heavy atom. The van der Waals surface area contributed by atoms with Crippen molar-refractivity contribution in [2.75, 3.05) is 25.7 Å². The number of methoxy groups -OCH3 is 2. The quantitative estimate of drug-likeness (QED) is 0.874. The number of nitrogens with zero attached hydrogens (tertiary/aromatic N) is 2. The summed E-state index contributed by atoms with van der Waals surface area (Å²) >= 11 is 0. The summed E-state index contributed by atoms with van der Waals surface area (Å²) < 4.78 is 16.5. The van der Waals surface area contributed by atoms with Gasteiger partial charge in [-0.05, 0) is 12.0 Å². The van der Waals surface area contributed by atoms with Crippen molar-refractivity contribution in [3.63, 3.8) is 0 Å². The van der Waals surface area contributed by atoms with E-state index < -0.39 is 0 Å². The molecule has 0 atom stereocenters. The van der Waals surface area contributed by atoms with E-state index in [-0.39, 0.29) is 17.7 Å². The van der Waals surface area contributed by atoms with E-state index in [1.54, 1.807) is 20.3 Å². The monoisotopic (exact) mass is 304 g/mol. The van der Waals surface area contributed by atoms with Gasteiger partial charge in [0.25, 0.3) is 0 Å². The van der Waals surface area contributed by atoms with Crippen LogP contribution in [0.25, 0.3) is 0 Å². The minimum Gasteiger partial charge on any atom is -0.493 e. The molecule has 1 aromatic carbocycles. The van der Waals surface area contributed by atoms with E-state index in [2.05, 4.69) is 23.8 Å². The summed E-state index contributed by atoms with van der Waals surface area (Å²) in [6.45, 7) is 4.11. The van der Waals surface area contributed by atoms with Gasteiger partial charge < -0.3 is 25.7 Å². The van der Waals surface area contributed by atoms with Crippen LogP contribution in [0.4, 0.5) is 11.8 Å². The van der Waals surface area contributed by atoms with E-state index in [1.165, 1.54) is 6.20 Å². The van der Waals surface area contributed by atoms with Crippen LogP contribution in [-0.2, 0) is 0 Å². The van der Waals surface area contributed by atoms with Gasteiger partial charge in [0.15, 0.2) is 23.1 Å². The van der Waals surface area contributed by atoms with Crippen molar-refractivity contribution in [1.82, 2.24) is 9.97 Å². The lowest BCUT2D eigenvalue weighted by molar-refractivity contribution is 0.350. The normalized spacial score (nSPS) is 10.6. The lowest BCUT2D eigenvalue weighted by Crippen LogP contribution is -2.03. The SMILES string of the molecule is COc1cc(Oc2cnc(N)nc2N)c(C(C)C)cc1OC. The van der Waals surface area contributed by atoms with E-state index in [1.807, 2.05) is 6.07 Å². The lowest BCUT2D eigenvalue weighted by Gasteiger charge is -2.17. The molecule has 2 aromatic rings. The summed E-state index contributed by atoms with van der Waals surface area (Å²) in [7, 11) is 3.16. The molecule has 0 aliphatic rings. The number of hydrogen-bond acceptors (Lipinski definition) is 7. The van der Waals surface area contributed by atoms with Crippen molar-refractivity contribution in [3.05, 3.63) is 23.9 Å². The molecule has 0 fully saturated rings. The molecule has 0 bridgehead atoms. The second kappa shape index (κ2) is 6.38. The van der Waals surface area contributed by atoms with Gasteiger partial charge in [-0.15, -0.1) is 0 Å². The highest BCUT2D eigenvalue weighted by atomic mass is 16.5. The van der Waals surface area contributed by atoms with Gasteiger partial charge in [-0.25, -0.2) is 4.98 Å². The Hall–Kier alpha value is -2.70. The molecule has 7 heteroatoms. The van der Waals surface area contributed by atoms with Crippen LogP contribution in [0.15, 0.2) is 18.3 Å². The molecule has 0 saturated heterocycles. The van der Waals surface area contributed by atoms with Gasteiger partial charge in [0.05, 0.1) is 20.4 Å². The van der Waals surface area contributed by atoms with Gasteiger partial charge in [0, 0.05) is 11.6 Å². The maximum Gasteiger partial charge on any atom is 0.222 e. The van der Waals surface area contributed by atoms with E-state index in [0.717, 1.165) is 5.56 Å². The first-order valence-electron chi connectivity index (χ1n) is 6.78. The molecule has 0 amide bonds. The Morgan fingerprint density at radius 3 is 2.14 bits per heavy atom. The summed E-state index contributed by atoms with van der Waals surface area (Å²) in [5.74, 6) is 2.64. The molecular formula is C15H20N4O3. The fourth-order valence-corrected chi connectivity index (χ4v) is 2.01. The van der Waals surface area contributed by atoms with Gasteiger partial charge in [-0.3, -0.25) is 0 Å². The number of anilines is 2. The van der Waals surface area contributed by atoms with Crippen molar-refractivity contribution < 1.29 is 14.2 Å². The van der Waals surface area contributed by atoms with Crippen molar-refractivity contribution in [3.8, 4) is 23.0 Å². The number of rotatable bonds is 5. The van der Waals surface area contributed by atoms with E-state index in [0.29, 0.717) is 23.0 Å². The Labute approximate surface area is 129 Å². The zero-order chi connectivity index (χ0) is 16.3. The minimum atomic E-state index is 0.0984. The van der Waals surface area contributed by atoms with E-state index in [4.69, 9.17) is 25.7 Å². The van der Waals surface area contributed by atoms with Crippen LogP contribution in [0, 0.1) is 0 Å². The smallest absolute Gasteiger partial charge is 0.222 e. The number of ether oxygens (including phenoxy) is 3. The first kappa shape index (κ1) is 15.7. The highest BCUT2D eigenvalue weighted by Gasteiger charge is 2.16. The maximum absolute atomic E-state index is 5.86. The maximum atomic E-state index is 5.86. The molecule has 0 unspecified atom stereocenters. The number of hydrogen-bond donors (Lipinski definition) is 2. The molecule has 4 N–H and O–H groups in total. The number of benzene rings is 1. The zero-order valence-electron chi connectivity index (χ0n) is 13.1. The summed E-state index contributed by atoms with van der Waals surface area (Å²) in [6, 6.07) is 3.64. The average Bonchev–Trinajstić information content (AvgIpc) is 2.49. The summed E-state index contributed by atoms with van der Waals surface area (Å²) in [6.07, 6.45) is 1.44. The third-order valence-electron chi connectivity index (χ3n) is 3.16. The van der Waals surface area contributed by atoms with Crippen LogP contribution >= 0.6 is 0 Å².